The second-order valence-electron chi connectivity index (χ2n) is 5.08. The van der Waals surface area contributed by atoms with Gasteiger partial charge in [-0.3, -0.25) is 10.1 Å². The number of nitrogens with zero attached hydrogens (tertiary/aromatic N) is 5. The maximum Gasteiger partial charge on any atom is 0.338 e. The first kappa shape index (κ1) is 15.6. The minimum atomic E-state index is -0.629. The van der Waals surface area contributed by atoms with E-state index in [-0.39, 0.29) is 12.3 Å². The molecule has 2 aromatic rings. The largest absolute Gasteiger partial charge is 0.463 e. The van der Waals surface area contributed by atoms with Crippen LogP contribution in [0.5, 0.6) is 0 Å². The summed E-state index contributed by atoms with van der Waals surface area (Å²) < 4.78 is 6.57. The Labute approximate surface area is 136 Å². The van der Waals surface area contributed by atoms with E-state index in [0.717, 1.165) is 0 Å². The van der Waals surface area contributed by atoms with Gasteiger partial charge >= 0.3 is 5.97 Å². The Balaban J connectivity index is 2.10. The zero-order chi connectivity index (χ0) is 17.3. The molecule has 1 aliphatic heterocycles. The summed E-state index contributed by atoms with van der Waals surface area (Å²) in [5.74, 6) is -0.115. The summed E-state index contributed by atoms with van der Waals surface area (Å²) in [7, 11) is 0. The van der Waals surface area contributed by atoms with Gasteiger partial charge in [-0.15, -0.1) is 0 Å². The number of tetrazole rings is 1. The van der Waals surface area contributed by atoms with E-state index in [4.69, 9.17) is 4.74 Å². The van der Waals surface area contributed by atoms with E-state index >= 15 is 0 Å². The third kappa shape index (κ3) is 2.57. The van der Waals surface area contributed by atoms with Crippen molar-refractivity contribution in [3.63, 3.8) is 0 Å². The summed E-state index contributed by atoms with van der Waals surface area (Å²) >= 11 is 0. The number of carbonyl (C=O) groups is 1. The highest BCUT2D eigenvalue weighted by Gasteiger charge is 2.34. The molecule has 10 nitrogen and oxygen atoms in total. The SMILES string of the molecule is CCOC(=O)C1=C(C)Nc2nnnn2[C@@H]1c1ccc([N+](=O)[O-])cc1. The van der Waals surface area contributed by atoms with Crippen molar-refractivity contribution in [1.29, 1.82) is 0 Å². The fourth-order valence-electron chi connectivity index (χ4n) is 2.57. The van der Waals surface area contributed by atoms with E-state index in [1.807, 2.05) is 0 Å². The van der Waals surface area contributed by atoms with E-state index < -0.39 is 16.9 Å². The monoisotopic (exact) mass is 330 g/mol. The molecule has 0 spiro atoms. The molecule has 1 N–H and O–H groups in total. The van der Waals surface area contributed by atoms with Crippen molar-refractivity contribution in [1.82, 2.24) is 20.2 Å². The maximum atomic E-state index is 12.4. The van der Waals surface area contributed by atoms with Crippen molar-refractivity contribution in [2.75, 3.05) is 11.9 Å². The topological polar surface area (TPSA) is 125 Å². The van der Waals surface area contributed by atoms with Crippen molar-refractivity contribution in [3.05, 3.63) is 51.2 Å². The van der Waals surface area contributed by atoms with Gasteiger partial charge in [-0.1, -0.05) is 5.10 Å². The van der Waals surface area contributed by atoms with Crippen LogP contribution in [0.1, 0.15) is 25.5 Å². The van der Waals surface area contributed by atoms with Crippen molar-refractivity contribution in [2.24, 2.45) is 0 Å². The zero-order valence-corrected chi connectivity index (χ0v) is 13.0. The maximum absolute atomic E-state index is 12.4. The van der Waals surface area contributed by atoms with Crippen LogP contribution in [0.25, 0.3) is 0 Å². The number of nitro groups is 1. The van der Waals surface area contributed by atoms with Crippen LogP contribution < -0.4 is 5.32 Å². The van der Waals surface area contributed by atoms with Crippen molar-refractivity contribution < 1.29 is 14.5 Å². The van der Waals surface area contributed by atoms with Gasteiger partial charge in [0, 0.05) is 17.8 Å². The molecule has 1 aliphatic rings. The molecule has 0 fully saturated rings. The predicted molar refractivity (Wildman–Crippen MR) is 82.0 cm³/mol. The third-order valence-corrected chi connectivity index (χ3v) is 3.63. The molecular weight excluding hydrogens is 316 g/mol. The fourth-order valence-corrected chi connectivity index (χ4v) is 2.57. The molecule has 0 aliphatic carbocycles. The summed E-state index contributed by atoms with van der Waals surface area (Å²) in [6.07, 6.45) is 0. The Morgan fingerprint density at radius 3 is 2.75 bits per heavy atom. The molecule has 3 rings (SSSR count). The first-order chi connectivity index (χ1) is 11.5. The molecule has 0 bridgehead atoms. The smallest absolute Gasteiger partial charge is 0.338 e. The summed E-state index contributed by atoms with van der Waals surface area (Å²) in [6, 6.07) is 5.27. The highest BCUT2D eigenvalue weighted by molar-refractivity contribution is 5.92. The number of carbonyl (C=O) groups excluding carboxylic acids is 1. The van der Waals surface area contributed by atoms with Gasteiger partial charge in [0.2, 0.25) is 5.95 Å². The van der Waals surface area contributed by atoms with Gasteiger partial charge < -0.3 is 10.1 Å². The molecule has 0 unspecified atom stereocenters. The Hall–Kier alpha value is -3.30. The van der Waals surface area contributed by atoms with Gasteiger partial charge in [-0.25, -0.2) is 4.79 Å². The molecule has 0 saturated heterocycles. The highest BCUT2D eigenvalue weighted by Crippen LogP contribution is 2.35. The molecule has 0 amide bonds. The van der Waals surface area contributed by atoms with Gasteiger partial charge in [0.25, 0.3) is 5.69 Å². The van der Waals surface area contributed by atoms with Gasteiger partial charge in [-0.05, 0) is 42.0 Å². The van der Waals surface area contributed by atoms with Crippen LogP contribution in [0, 0.1) is 10.1 Å². The quantitative estimate of drug-likeness (QED) is 0.507. The van der Waals surface area contributed by atoms with Gasteiger partial charge in [0.15, 0.2) is 0 Å². The van der Waals surface area contributed by atoms with Crippen LogP contribution in [-0.4, -0.2) is 37.7 Å². The van der Waals surface area contributed by atoms with Crippen LogP contribution in [0.3, 0.4) is 0 Å². The number of hydrogen-bond acceptors (Lipinski definition) is 8. The molecule has 1 aromatic carbocycles. The Morgan fingerprint density at radius 1 is 1.42 bits per heavy atom. The Morgan fingerprint density at radius 2 is 2.12 bits per heavy atom. The average Bonchev–Trinajstić information content (AvgIpc) is 3.01. The lowest BCUT2D eigenvalue weighted by Gasteiger charge is -2.27. The lowest BCUT2D eigenvalue weighted by Crippen LogP contribution is -2.29. The lowest BCUT2D eigenvalue weighted by molar-refractivity contribution is -0.384. The molecule has 24 heavy (non-hydrogen) atoms. The number of nitro benzene ring substituents is 1. The second-order valence-corrected chi connectivity index (χ2v) is 5.08. The minimum Gasteiger partial charge on any atom is -0.463 e. The van der Waals surface area contributed by atoms with Crippen LogP contribution in [0.4, 0.5) is 11.6 Å². The Bertz CT molecular complexity index is 826. The van der Waals surface area contributed by atoms with Crippen molar-refractivity contribution >= 4 is 17.6 Å². The number of allylic oxidation sites excluding steroid dienone is 1. The number of rotatable bonds is 4. The van der Waals surface area contributed by atoms with Crippen LogP contribution >= 0.6 is 0 Å². The predicted octanol–water partition coefficient (Wildman–Crippen LogP) is 1.43. The number of ether oxygens (including phenoxy) is 1. The standard InChI is InChI=1S/C14H14N6O4/c1-3-24-13(21)11-8(2)15-14-16-17-18-19(14)12(11)9-4-6-10(7-5-9)20(22)23/h4-7,12H,3H2,1-2H3,(H,15,16,18)/t12-/m1/s1. The summed E-state index contributed by atoms with van der Waals surface area (Å²) in [4.78, 5) is 22.7. The van der Waals surface area contributed by atoms with Crippen LogP contribution in [0.15, 0.2) is 35.5 Å². The molecule has 2 heterocycles. The Kier molecular flexibility index (Phi) is 3.94. The van der Waals surface area contributed by atoms with Crippen molar-refractivity contribution in [2.45, 2.75) is 19.9 Å². The first-order valence-electron chi connectivity index (χ1n) is 7.20. The number of esters is 1. The number of nitrogens with one attached hydrogen (secondary N) is 1. The molecule has 124 valence electrons. The van der Waals surface area contributed by atoms with E-state index in [1.54, 1.807) is 26.0 Å². The number of non-ortho nitro benzene ring substituents is 1. The molecule has 1 aromatic heterocycles. The molecular formula is C14H14N6O4. The number of aromatic nitrogens is 4. The number of anilines is 1. The molecule has 0 radical (unpaired) electrons. The van der Waals surface area contributed by atoms with Crippen molar-refractivity contribution in [3.8, 4) is 0 Å². The highest BCUT2D eigenvalue weighted by atomic mass is 16.6. The van der Waals surface area contributed by atoms with E-state index in [0.29, 0.717) is 22.8 Å². The van der Waals surface area contributed by atoms with Gasteiger partial charge in [0.05, 0.1) is 17.1 Å². The summed E-state index contributed by atoms with van der Waals surface area (Å²) in [5, 5.41) is 25.2. The van der Waals surface area contributed by atoms with E-state index in [2.05, 4.69) is 20.8 Å². The van der Waals surface area contributed by atoms with Crippen LogP contribution in [0.2, 0.25) is 0 Å². The van der Waals surface area contributed by atoms with E-state index in [9.17, 15) is 14.9 Å². The molecule has 0 saturated carbocycles. The molecule has 10 heteroatoms. The van der Waals surface area contributed by atoms with Crippen LogP contribution in [-0.2, 0) is 9.53 Å². The lowest BCUT2D eigenvalue weighted by atomic mass is 9.95. The first-order valence-corrected chi connectivity index (χ1v) is 7.20. The second kappa shape index (κ2) is 6.07. The minimum absolute atomic E-state index is 0.0389. The normalized spacial score (nSPS) is 16.3. The fraction of sp³-hybridized carbons (Fsp3) is 0.286. The summed E-state index contributed by atoms with van der Waals surface area (Å²) in [6.45, 7) is 3.67. The number of fused-ring (bicyclic) bond motifs is 1. The average molecular weight is 330 g/mol. The van der Waals surface area contributed by atoms with Gasteiger partial charge in [-0.2, -0.15) is 4.68 Å². The zero-order valence-electron chi connectivity index (χ0n) is 13.0. The molecule has 1 atom stereocenters. The number of benzene rings is 1. The number of hydrogen-bond donors (Lipinski definition) is 1. The summed E-state index contributed by atoms with van der Waals surface area (Å²) in [5.41, 5.74) is 1.52. The third-order valence-electron chi connectivity index (χ3n) is 3.63. The van der Waals surface area contributed by atoms with E-state index in [1.165, 1.54) is 16.8 Å². The van der Waals surface area contributed by atoms with Gasteiger partial charge in [0.1, 0.15) is 6.04 Å².